The molecular formula is C7H13N5O4S. The van der Waals surface area contributed by atoms with Crippen molar-refractivity contribution >= 4 is 15.8 Å². The molecule has 1 rings (SSSR count). The minimum absolute atomic E-state index is 0.0563. The molecule has 0 aliphatic heterocycles. The van der Waals surface area contributed by atoms with Gasteiger partial charge in [-0.15, -0.1) is 5.10 Å². The molecule has 1 aromatic rings. The highest BCUT2D eigenvalue weighted by atomic mass is 32.2. The normalized spacial score (nSPS) is 11.5. The van der Waals surface area contributed by atoms with Gasteiger partial charge in [0.05, 0.1) is 5.75 Å². The highest BCUT2D eigenvalue weighted by Crippen LogP contribution is 1.88. The van der Waals surface area contributed by atoms with E-state index in [1.54, 1.807) is 0 Å². The van der Waals surface area contributed by atoms with E-state index in [2.05, 4.69) is 10.4 Å². The summed E-state index contributed by atoms with van der Waals surface area (Å²) in [6.45, 7) is -0.0563. The van der Waals surface area contributed by atoms with Crippen LogP contribution in [-0.2, 0) is 24.1 Å². The molecule has 0 aliphatic carbocycles. The summed E-state index contributed by atoms with van der Waals surface area (Å²) in [6, 6.07) is 0. The number of primary sulfonamides is 1. The number of nitrogens with two attached hydrogens (primary N) is 1. The molecule has 3 N–H and O–H groups in total. The molecule has 0 amide bonds. The summed E-state index contributed by atoms with van der Waals surface area (Å²) < 4.78 is 23.2. The maximum Gasteiger partial charge on any atom is 0.346 e. The Morgan fingerprint density at radius 3 is 2.47 bits per heavy atom. The zero-order chi connectivity index (χ0) is 13.2. The number of nitrogens with zero attached hydrogens (tertiary/aromatic N) is 3. The van der Waals surface area contributed by atoms with E-state index in [0.717, 1.165) is 9.25 Å². The van der Waals surface area contributed by atoms with Crippen molar-refractivity contribution in [2.75, 3.05) is 17.6 Å². The van der Waals surface area contributed by atoms with Crippen LogP contribution in [0, 0.1) is 0 Å². The van der Waals surface area contributed by atoms with Gasteiger partial charge < -0.3 is 5.32 Å². The zero-order valence-corrected chi connectivity index (χ0v) is 10.2. The van der Waals surface area contributed by atoms with Gasteiger partial charge in [-0.25, -0.2) is 23.0 Å². The molecule has 0 saturated heterocycles. The number of aromatic nitrogens is 3. The molecule has 9 nitrogen and oxygen atoms in total. The summed E-state index contributed by atoms with van der Waals surface area (Å²) in [5, 5.41) is 11.0. The van der Waals surface area contributed by atoms with Crippen molar-refractivity contribution in [1.29, 1.82) is 0 Å². The molecule has 0 spiro atoms. The second-order valence-electron chi connectivity index (χ2n) is 3.41. The van der Waals surface area contributed by atoms with E-state index in [4.69, 9.17) is 5.14 Å². The fraction of sp³-hybridized carbons (Fsp3) is 0.571. The quantitative estimate of drug-likeness (QED) is 0.602. The van der Waals surface area contributed by atoms with Crippen LogP contribution in [0.1, 0.15) is 0 Å². The maximum atomic E-state index is 11.5. The second kappa shape index (κ2) is 4.67. The van der Waals surface area contributed by atoms with Crippen LogP contribution in [0.15, 0.2) is 9.59 Å². The van der Waals surface area contributed by atoms with Crippen molar-refractivity contribution in [3.05, 3.63) is 20.8 Å². The van der Waals surface area contributed by atoms with Crippen LogP contribution in [0.5, 0.6) is 0 Å². The monoisotopic (exact) mass is 263 g/mol. The lowest BCUT2D eigenvalue weighted by molar-refractivity contribution is 0.596. The predicted octanol–water partition coefficient (Wildman–Crippen LogP) is -2.82. The van der Waals surface area contributed by atoms with Gasteiger partial charge in [-0.05, 0) is 0 Å². The molecule has 0 atom stereocenters. The van der Waals surface area contributed by atoms with Crippen LogP contribution in [-0.4, -0.2) is 35.1 Å². The van der Waals surface area contributed by atoms with E-state index in [1.807, 2.05) is 0 Å². The number of sulfonamides is 1. The average molecular weight is 263 g/mol. The minimum Gasteiger partial charge on any atom is -0.363 e. The van der Waals surface area contributed by atoms with E-state index in [0.29, 0.717) is 0 Å². The molecule has 1 aromatic heterocycles. The largest absolute Gasteiger partial charge is 0.363 e. The Morgan fingerprint density at radius 2 is 1.94 bits per heavy atom. The van der Waals surface area contributed by atoms with Crippen molar-refractivity contribution in [1.82, 2.24) is 14.3 Å². The van der Waals surface area contributed by atoms with Crippen LogP contribution in [0.2, 0.25) is 0 Å². The van der Waals surface area contributed by atoms with Crippen molar-refractivity contribution < 1.29 is 8.42 Å². The number of rotatable bonds is 4. The molecule has 0 unspecified atom stereocenters. The Kier molecular flexibility index (Phi) is 3.68. The van der Waals surface area contributed by atoms with Crippen LogP contribution < -0.4 is 21.7 Å². The lowest BCUT2D eigenvalue weighted by Crippen LogP contribution is -2.40. The maximum absolute atomic E-state index is 11.5. The summed E-state index contributed by atoms with van der Waals surface area (Å²) >= 11 is 0. The third-order valence-corrected chi connectivity index (χ3v) is 2.77. The number of hydrogen-bond acceptors (Lipinski definition) is 6. The third kappa shape index (κ3) is 3.39. The first-order chi connectivity index (χ1) is 7.72. The van der Waals surface area contributed by atoms with Crippen molar-refractivity contribution in [2.24, 2.45) is 19.2 Å². The Labute approximate surface area is 96.9 Å². The predicted molar refractivity (Wildman–Crippen MR) is 61.2 cm³/mol. The van der Waals surface area contributed by atoms with Gasteiger partial charge in [-0.1, -0.05) is 0 Å². The first-order valence-corrected chi connectivity index (χ1v) is 6.32. The van der Waals surface area contributed by atoms with Gasteiger partial charge in [0.2, 0.25) is 15.8 Å². The van der Waals surface area contributed by atoms with E-state index < -0.39 is 21.3 Å². The molecule has 1 heterocycles. The van der Waals surface area contributed by atoms with E-state index in [1.165, 1.54) is 14.1 Å². The molecule has 0 radical (unpaired) electrons. The first kappa shape index (κ1) is 13.4. The van der Waals surface area contributed by atoms with E-state index in [9.17, 15) is 18.0 Å². The standard InChI is InChI=1S/C7H13N5O4S/c1-11-6(13)5(10-12(2)7(11)14)9-3-4-17(8,15)16/h3-4H2,1-2H3,(H,9,10)(H2,8,15,16). The lowest BCUT2D eigenvalue weighted by atomic mass is 10.6. The zero-order valence-electron chi connectivity index (χ0n) is 9.37. The summed E-state index contributed by atoms with van der Waals surface area (Å²) in [6.07, 6.45) is 0. The lowest BCUT2D eigenvalue weighted by Gasteiger charge is -2.06. The van der Waals surface area contributed by atoms with E-state index in [-0.39, 0.29) is 18.1 Å². The van der Waals surface area contributed by atoms with Gasteiger partial charge in [0.15, 0.2) is 0 Å². The van der Waals surface area contributed by atoms with Gasteiger partial charge in [0.25, 0.3) is 5.56 Å². The third-order valence-electron chi connectivity index (χ3n) is 2.00. The van der Waals surface area contributed by atoms with Crippen LogP contribution in [0.25, 0.3) is 0 Å². The first-order valence-electron chi connectivity index (χ1n) is 4.61. The highest BCUT2D eigenvalue weighted by molar-refractivity contribution is 7.89. The Balaban J connectivity index is 2.94. The molecule has 0 bridgehead atoms. The van der Waals surface area contributed by atoms with Crippen LogP contribution in [0.4, 0.5) is 5.82 Å². The van der Waals surface area contributed by atoms with Crippen LogP contribution >= 0.6 is 0 Å². The fourth-order valence-corrected chi connectivity index (χ4v) is 1.51. The van der Waals surface area contributed by atoms with E-state index >= 15 is 0 Å². The smallest absolute Gasteiger partial charge is 0.346 e. The topological polar surface area (TPSA) is 129 Å². The molecule has 17 heavy (non-hydrogen) atoms. The highest BCUT2D eigenvalue weighted by Gasteiger charge is 2.09. The molecule has 0 fully saturated rings. The summed E-state index contributed by atoms with van der Waals surface area (Å²) in [4.78, 5) is 22.8. The molecule has 0 aliphatic rings. The molecule has 10 heteroatoms. The SMILES string of the molecule is Cn1nc(NCCS(N)(=O)=O)c(=O)n(C)c1=O. The Morgan fingerprint density at radius 1 is 1.35 bits per heavy atom. The van der Waals surface area contributed by atoms with Crippen LogP contribution in [0.3, 0.4) is 0 Å². The molecular weight excluding hydrogens is 250 g/mol. The van der Waals surface area contributed by atoms with Gasteiger partial charge in [-0.2, -0.15) is 0 Å². The van der Waals surface area contributed by atoms with Gasteiger partial charge in [0.1, 0.15) is 0 Å². The minimum atomic E-state index is -3.60. The van der Waals surface area contributed by atoms with Crippen molar-refractivity contribution in [2.45, 2.75) is 0 Å². The average Bonchev–Trinajstić information content (AvgIpc) is 2.21. The summed E-state index contributed by atoms with van der Waals surface area (Å²) in [5.41, 5.74) is -1.19. The van der Waals surface area contributed by atoms with Crippen molar-refractivity contribution in [3.8, 4) is 0 Å². The Hall–Kier alpha value is -1.68. The van der Waals surface area contributed by atoms with Gasteiger partial charge in [0, 0.05) is 20.6 Å². The molecule has 0 saturated carbocycles. The second-order valence-corrected chi connectivity index (χ2v) is 5.15. The summed E-state index contributed by atoms with van der Waals surface area (Å²) in [7, 11) is -0.919. The number of anilines is 1. The van der Waals surface area contributed by atoms with Gasteiger partial charge in [-0.3, -0.25) is 9.36 Å². The molecule has 0 aromatic carbocycles. The molecule has 96 valence electrons. The number of hydrogen-bond donors (Lipinski definition) is 2. The fourth-order valence-electron chi connectivity index (χ4n) is 1.12. The Bertz CT molecular complexity index is 629. The van der Waals surface area contributed by atoms with Gasteiger partial charge >= 0.3 is 5.69 Å². The number of aryl methyl sites for hydroxylation is 1. The number of nitrogens with one attached hydrogen (secondary N) is 1. The van der Waals surface area contributed by atoms with Crippen molar-refractivity contribution in [3.63, 3.8) is 0 Å². The summed E-state index contributed by atoms with van der Waals surface area (Å²) in [5.74, 6) is -0.432.